The Bertz CT molecular complexity index is 932. The van der Waals surface area contributed by atoms with Crippen molar-refractivity contribution in [1.82, 2.24) is 0 Å². The molecule has 0 spiro atoms. The quantitative estimate of drug-likeness (QED) is 0.503. The molecule has 2 rings (SSSR count). The first-order valence-electron chi connectivity index (χ1n) is 9.38. The smallest absolute Gasteiger partial charge is 0.397 e. The van der Waals surface area contributed by atoms with E-state index in [1.165, 1.54) is 30.3 Å². The van der Waals surface area contributed by atoms with Gasteiger partial charge >= 0.3 is 11.9 Å². The third kappa shape index (κ3) is 5.94. The number of halogens is 1. The molecule has 0 aliphatic carbocycles. The zero-order valence-corrected chi connectivity index (χ0v) is 16.9. The second-order valence-corrected chi connectivity index (χ2v) is 5.85. The van der Waals surface area contributed by atoms with E-state index in [0.717, 1.165) is 6.07 Å². The van der Waals surface area contributed by atoms with Gasteiger partial charge in [0.15, 0.2) is 0 Å². The molecule has 0 unspecified atom stereocenters. The summed E-state index contributed by atoms with van der Waals surface area (Å²) >= 11 is 0. The first-order valence-corrected chi connectivity index (χ1v) is 9.38. The summed E-state index contributed by atoms with van der Waals surface area (Å²) in [7, 11) is 0. The Morgan fingerprint density at radius 1 is 0.867 bits per heavy atom. The Morgan fingerprint density at radius 2 is 1.47 bits per heavy atom. The maximum Gasteiger partial charge on any atom is 0.397 e. The summed E-state index contributed by atoms with van der Waals surface area (Å²) in [6.45, 7) is 5.64. The lowest BCUT2D eigenvalue weighted by Crippen LogP contribution is -2.25. The van der Waals surface area contributed by atoms with Crippen molar-refractivity contribution in [3.8, 4) is 11.5 Å². The summed E-state index contributed by atoms with van der Waals surface area (Å²) in [4.78, 5) is 36.2. The van der Waals surface area contributed by atoms with Crippen LogP contribution >= 0.6 is 0 Å². The summed E-state index contributed by atoms with van der Waals surface area (Å²) in [5.41, 5.74) is 0.543. The third-order valence-corrected chi connectivity index (χ3v) is 3.73. The van der Waals surface area contributed by atoms with Crippen LogP contribution in [0.4, 0.5) is 15.8 Å². The van der Waals surface area contributed by atoms with Crippen LogP contribution in [-0.2, 0) is 14.3 Å². The van der Waals surface area contributed by atoms with E-state index in [9.17, 15) is 18.8 Å². The monoisotopic (exact) mass is 418 g/mol. The van der Waals surface area contributed by atoms with E-state index in [0.29, 0.717) is 0 Å². The number of nitrogens with one attached hydrogen (secondary N) is 2. The lowest BCUT2D eigenvalue weighted by atomic mass is 10.2. The van der Waals surface area contributed by atoms with Crippen LogP contribution in [0.15, 0.2) is 36.4 Å². The minimum Gasteiger partial charge on any atom is -0.492 e. The Labute approximate surface area is 173 Å². The van der Waals surface area contributed by atoms with Crippen LogP contribution in [0.5, 0.6) is 11.5 Å². The molecule has 0 saturated carbocycles. The van der Waals surface area contributed by atoms with E-state index in [1.807, 2.05) is 0 Å². The van der Waals surface area contributed by atoms with E-state index in [-0.39, 0.29) is 48.3 Å². The van der Waals surface area contributed by atoms with Crippen LogP contribution in [0, 0.1) is 5.82 Å². The summed E-state index contributed by atoms with van der Waals surface area (Å²) in [6.07, 6.45) is 0. The van der Waals surface area contributed by atoms with Gasteiger partial charge in [0.05, 0.1) is 31.2 Å². The molecular formula is C21H23FN2O6. The minimum absolute atomic E-state index is 0.0554. The molecule has 9 heteroatoms. The summed E-state index contributed by atoms with van der Waals surface area (Å²) in [5.74, 6) is -2.68. The number of carbonyl (C=O) groups excluding carboxylic acids is 3. The molecule has 0 aliphatic heterocycles. The summed E-state index contributed by atoms with van der Waals surface area (Å²) in [5, 5.41) is 5.06. The predicted octanol–water partition coefficient (Wildman–Crippen LogP) is 3.38. The molecule has 160 valence electrons. The van der Waals surface area contributed by atoms with Gasteiger partial charge in [0.1, 0.15) is 17.3 Å². The van der Waals surface area contributed by atoms with Crippen molar-refractivity contribution in [3.63, 3.8) is 0 Å². The van der Waals surface area contributed by atoms with E-state index < -0.39 is 23.6 Å². The van der Waals surface area contributed by atoms with Gasteiger partial charge in [0.2, 0.25) is 0 Å². The molecule has 0 saturated heterocycles. The number of hydrogen-bond donors (Lipinski definition) is 2. The van der Waals surface area contributed by atoms with Crippen LogP contribution in [0.3, 0.4) is 0 Å². The number of carbonyl (C=O) groups is 3. The van der Waals surface area contributed by atoms with Gasteiger partial charge in [-0.15, -0.1) is 0 Å². The molecule has 2 amide bonds. The number of benzene rings is 2. The number of ether oxygens (including phenoxy) is 3. The molecule has 0 aliphatic rings. The molecule has 2 aromatic carbocycles. The number of hydrogen-bond acceptors (Lipinski definition) is 6. The normalized spacial score (nSPS) is 10.1. The highest BCUT2D eigenvalue weighted by Gasteiger charge is 2.20. The number of amides is 2. The van der Waals surface area contributed by atoms with E-state index >= 15 is 0 Å². The highest BCUT2D eigenvalue weighted by atomic mass is 19.1. The minimum atomic E-state index is -1.04. The average Bonchev–Trinajstić information content (AvgIpc) is 2.71. The van der Waals surface area contributed by atoms with Crippen molar-refractivity contribution < 1.29 is 33.0 Å². The number of rotatable bonds is 8. The predicted molar refractivity (Wildman–Crippen MR) is 108 cm³/mol. The number of esters is 1. The van der Waals surface area contributed by atoms with Crippen LogP contribution in [0.25, 0.3) is 0 Å². The molecule has 30 heavy (non-hydrogen) atoms. The van der Waals surface area contributed by atoms with Gasteiger partial charge in [-0.2, -0.15) is 0 Å². The zero-order valence-electron chi connectivity index (χ0n) is 16.9. The van der Waals surface area contributed by atoms with Gasteiger partial charge in [-0.25, -0.2) is 9.18 Å². The maximum absolute atomic E-state index is 13.4. The molecule has 0 atom stereocenters. The van der Waals surface area contributed by atoms with Gasteiger partial charge in [-0.1, -0.05) is 6.07 Å². The standard InChI is InChI=1S/C21H23FN2O6/c1-4-28-17-12-16(24-20(26)21(27)30-6-3)18(29-5-2)11-15(17)23-19(25)13-8-7-9-14(22)10-13/h7-12H,4-6H2,1-3H3,(H,23,25)(H,24,26). The molecule has 0 bridgehead atoms. The fourth-order valence-corrected chi connectivity index (χ4v) is 2.50. The van der Waals surface area contributed by atoms with E-state index in [1.54, 1.807) is 20.8 Å². The maximum atomic E-state index is 13.4. The molecular weight excluding hydrogens is 395 g/mol. The molecule has 0 radical (unpaired) electrons. The fourth-order valence-electron chi connectivity index (χ4n) is 2.50. The Balaban J connectivity index is 2.37. The molecule has 0 heterocycles. The highest BCUT2D eigenvalue weighted by Crippen LogP contribution is 2.37. The van der Waals surface area contributed by atoms with Crippen molar-refractivity contribution in [3.05, 3.63) is 47.8 Å². The number of anilines is 2. The fraction of sp³-hybridized carbons (Fsp3) is 0.286. The van der Waals surface area contributed by atoms with Crippen LogP contribution < -0.4 is 20.1 Å². The zero-order chi connectivity index (χ0) is 22.1. The SMILES string of the molecule is CCOC(=O)C(=O)Nc1cc(OCC)c(NC(=O)c2cccc(F)c2)cc1OCC. The third-order valence-electron chi connectivity index (χ3n) is 3.73. The molecule has 2 aromatic rings. The van der Waals surface area contributed by atoms with Crippen molar-refractivity contribution in [1.29, 1.82) is 0 Å². The average molecular weight is 418 g/mol. The molecule has 0 aromatic heterocycles. The molecule has 0 fully saturated rings. The second-order valence-electron chi connectivity index (χ2n) is 5.85. The first kappa shape index (κ1) is 22.7. The largest absolute Gasteiger partial charge is 0.492 e. The Kier molecular flexibility index (Phi) is 8.16. The lowest BCUT2D eigenvalue weighted by Gasteiger charge is -2.17. The van der Waals surface area contributed by atoms with Crippen LogP contribution in [0.1, 0.15) is 31.1 Å². The summed E-state index contributed by atoms with van der Waals surface area (Å²) in [6, 6.07) is 8.10. The van der Waals surface area contributed by atoms with Crippen molar-refractivity contribution in [2.75, 3.05) is 30.5 Å². The van der Waals surface area contributed by atoms with Gasteiger partial charge in [-0.3, -0.25) is 9.59 Å². The highest BCUT2D eigenvalue weighted by molar-refractivity contribution is 6.37. The van der Waals surface area contributed by atoms with Gasteiger partial charge in [0, 0.05) is 17.7 Å². The van der Waals surface area contributed by atoms with Gasteiger partial charge in [0.25, 0.3) is 5.91 Å². The van der Waals surface area contributed by atoms with Crippen molar-refractivity contribution >= 4 is 29.2 Å². The van der Waals surface area contributed by atoms with Crippen LogP contribution in [0.2, 0.25) is 0 Å². The van der Waals surface area contributed by atoms with Gasteiger partial charge in [-0.05, 0) is 39.0 Å². The van der Waals surface area contributed by atoms with Crippen molar-refractivity contribution in [2.24, 2.45) is 0 Å². The summed E-state index contributed by atoms with van der Waals surface area (Å²) < 4.78 is 29.2. The van der Waals surface area contributed by atoms with E-state index in [4.69, 9.17) is 9.47 Å². The molecule has 2 N–H and O–H groups in total. The van der Waals surface area contributed by atoms with Crippen LogP contribution in [-0.4, -0.2) is 37.6 Å². The Hall–Kier alpha value is -3.62. The Morgan fingerprint density at radius 3 is 2.00 bits per heavy atom. The lowest BCUT2D eigenvalue weighted by molar-refractivity contribution is -0.152. The van der Waals surface area contributed by atoms with Gasteiger partial charge < -0.3 is 24.8 Å². The molecule has 8 nitrogen and oxygen atoms in total. The van der Waals surface area contributed by atoms with E-state index in [2.05, 4.69) is 15.4 Å². The first-order chi connectivity index (χ1) is 14.4. The second kappa shape index (κ2) is 10.8. The topological polar surface area (TPSA) is 103 Å². The van der Waals surface area contributed by atoms with Crippen molar-refractivity contribution in [2.45, 2.75) is 20.8 Å².